The first-order valence-corrected chi connectivity index (χ1v) is 6.14. The summed E-state index contributed by atoms with van der Waals surface area (Å²) in [5, 5.41) is 5.47. The predicted molar refractivity (Wildman–Crippen MR) is 61.1 cm³/mol. The van der Waals surface area contributed by atoms with Gasteiger partial charge in [-0.25, -0.2) is 0 Å². The fraction of sp³-hybridized carbons (Fsp3) is 0.818. The van der Waals surface area contributed by atoms with Crippen LogP contribution >= 0.6 is 0 Å². The van der Waals surface area contributed by atoms with Crippen molar-refractivity contribution in [3.05, 3.63) is 0 Å². The van der Waals surface area contributed by atoms with Gasteiger partial charge < -0.3 is 21.1 Å². The van der Waals surface area contributed by atoms with Gasteiger partial charge in [0.25, 0.3) is 0 Å². The fourth-order valence-corrected chi connectivity index (χ4v) is 2.25. The summed E-state index contributed by atoms with van der Waals surface area (Å²) in [6.45, 7) is 1.13. The molecule has 0 aliphatic carbocycles. The average molecular weight is 241 g/mol. The second kappa shape index (κ2) is 5.46. The molecule has 6 nitrogen and oxygen atoms in total. The predicted octanol–water partition coefficient (Wildman–Crippen LogP) is -1.11. The minimum atomic E-state index is -0.446. The van der Waals surface area contributed by atoms with E-state index in [1.807, 2.05) is 0 Å². The van der Waals surface area contributed by atoms with Crippen molar-refractivity contribution in [2.24, 2.45) is 5.73 Å². The highest BCUT2D eigenvalue weighted by Crippen LogP contribution is 2.19. The lowest BCUT2D eigenvalue weighted by molar-refractivity contribution is -0.136. The van der Waals surface area contributed by atoms with Gasteiger partial charge in [0, 0.05) is 13.1 Å². The number of carbonyl (C=O) groups is 2. The van der Waals surface area contributed by atoms with E-state index in [9.17, 15) is 9.59 Å². The Hall–Kier alpha value is -1.14. The van der Waals surface area contributed by atoms with Gasteiger partial charge in [-0.15, -0.1) is 0 Å². The Kier molecular flexibility index (Phi) is 3.96. The van der Waals surface area contributed by atoms with Crippen LogP contribution < -0.4 is 16.4 Å². The van der Waals surface area contributed by atoms with Crippen LogP contribution in [0.2, 0.25) is 0 Å². The molecular weight excluding hydrogens is 222 g/mol. The summed E-state index contributed by atoms with van der Waals surface area (Å²) in [7, 11) is 0. The fourth-order valence-electron chi connectivity index (χ4n) is 2.25. The van der Waals surface area contributed by atoms with Crippen LogP contribution in [0.15, 0.2) is 0 Å². The number of hydrogen-bond acceptors (Lipinski definition) is 4. The molecule has 2 saturated heterocycles. The van der Waals surface area contributed by atoms with E-state index in [4.69, 9.17) is 10.5 Å². The Bertz CT molecular complexity index is 308. The largest absolute Gasteiger partial charge is 0.364 e. The van der Waals surface area contributed by atoms with E-state index in [1.165, 1.54) is 0 Å². The molecule has 2 amide bonds. The van der Waals surface area contributed by atoms with E-state index in [1.54, 1.807) is 0 Å². The Morgan fingerprint density at radius 3 is 2.94 bits per heavy atom. The highest BCUT2D eigenvalue weighted by molar-refractivity contribution is 5.89. The third-order valence-corrected chi connectivity index (χ3v) is 3.26. The zero-order valence-corrected chi connectivity index (χ0v) is 9.78. The van der Waals surface area contributed by atoms with E-state index in [-0.39, 0.29) is 17.9 Å². The van der Waals surface area contributed by atoms with Crippen molar-refractivity contribution in [3.8, 4) is 0 Å². The van der Waals surface area contributed by atoms with Crippen LogP contribution in [-0.4, -0.2) is 43.2 Å². The molecule has 96 valence electrons. The molecule has 0 aromatic carbocycles. The normalized spacial score (nSPS) is 33.2. The van der Waals surface area contributed by atoms with Crippen molar-refractivity contribution in [1.82, 2.24) is 10.6 Å². The highest BCUT2D eigenvalue weighted by atomic mass is 16.5. The van der Waals surface area contributed by atoms with E-state index < -0.39 is 12.1 Å². The molecule has 2 heterocycles. The van der Waals surface area contributed by atoms with Crippen molar-refractivity contribution in [2.45, 2.75) is 43.9 Å². The molecule has 17 heavy (non-hydrogen) atoms. The number of rotatable bonds is 3. The Morgan fingerprint density at radius 2 is 2.29 bits per heavy atom. The van der Waals surface area contributed by atoms with Gasteiger partial charge in [-0.05, 0) is 25.7 Å². The van der Waals surface area contributed by atoms with Crippen LogP contribution in [0.3, 0.4) is 0 Å². The van der Waals surface area contributed by atoms with Crippen LogP contribution in [0.1, 0.15) is 25.7 Å². The molecule has 2 aliphatic heterocycles. The first-order valence-electron chi connectivity index (χ1n) is 6.14. The highest BCUT2D eigenvalue weighted by Gasteiger charge is 2.32. The summed E-state index contributed by atoms with van der Waals surface area (Å²) >= 11 is 0. The molecular formula is C11H19N3O3. The molecule has 0 spiro atoms. The number of piperidine rings is 1. The molecule has 0 bridgehead atoms. The van der Waals surface area contributed by atoms with E-state index in [0.29, 0.717) is 25.9 Å². The summed E-state index contributed by atoms with van der Waals surface area (Å²) in [5.74, 6) is -0.291. The SMILES string of the molecule is NCC1CCC(C(=O)NC2CCCNC2=O)O1. The van der Waals surface area contributed by atoms with Crippen LogP contribution in [-0.2, 0) is 14.3 Å². The third kappa shape index (κ3) is 2.95. The molecule has 6 heteroatoms. The van der Waals surface area contributed by atoms with Crippen molar-refractivity contribution < 1.29 is 14.3 Å². The van der Waals surface area contributed by atoms with Gasteiger partial charge in [0.05, 0.1) is 6.10 Å². The second-order valence-corrected chi connectivity index (χ2v) is 4.55. The van der Waals surface area contributed by atoms with Crippen LogP contribution in [0.5, 0.6) is 0 Å². The molecule has 2 rings (SSSR count). The first kappa shape index (κ1) is 12.3. The first-order chi connectivity index (χ1) is 8.20. The summed E-state index contributed by atoms with van der Waals surface area (Å²) in [6.07, 6.45) is 2.62. The van der Waals surface area contributed by atoms with E-state index >= 15 is 0 Å². The Morgan fingerprint density at radius 1 is 1.47 bits per heavy atom. The molecule has 0 saturated carbocycles. The molecule has 3 unspecified atom stereocenters. The maximum atomic E-state index is 11.9. The minimum Gasteiger partial charge on any atom is -0.364 e. The average Bonchev–Trinajstić information content (AvgIpc) is 2.81. The third-order valence-electron chi connectivity index (χ3n) is 3.26. The van der Waals surface area contributed by atoms with Crippen LogP contribution in [0.4, 0.5) is 0 Å². The van der Waals surface area contributed by atoms with Gasteiger partial charge in [-0.2, -0.15) is 0 Å². The topological polar surface area (TPSA) is 93.5 Å². The van der Waals surface area contributed by atoms with Gasteiger partial charge in [0.1, 0.15) is 12.1 Å². The lowest BCUT2D eigenvalue weighted by Crippen LogP contribution is -2.52. The number of nitrogens with two attached hydrogens (primary N) is 1. The Balaban J connectivity index is 1.82. The molecule has 4 N–H and O–H groups in total. The maximum Gasteiger partial charge on any atom is 0.249 e. The van der Waals surface area contributed by atoms with E-state index in [2.05, 4.69) is 10.6 Å². The van der Waals surface area contributed by atoms with Gasteiger partial charge in [-0.3, -0.25) is 9.59 Å². The lowest BCUT2D eigenvalue weighted by atomic mass is 10.1. The molecule has 2 fully saturated rings. The molecule has 0 aromatic rings. The van der Waals surface area contributed by atoms with Gasteiger partial charge in [0.15, 0.2) is 0 Å². The van der Waals surface area contributed by atoms with Gasteiger partial charge >= 0.3 is 0 Å². The molecule has 0 radical (unpaired) electrons. The van der Waals surface area contributed by atoms with Crippen molar-refractivity contribution in [2.75, 3.05) is 13.1 Å². The van der Waals surface area contributed by atoms with Crippen molar-refractivity contribution in [3.63, 3.8) is 0 Å². The number of carbonyl (C=O) groups excluding carboxylic acids is 2. The minimum absolute atomic E-state index is 0.0223. The zero-order valence-electron chi connectivity index (χ0n) is 9.78. The number of nitrogens with one attached hydrogen (secondary N) is 2. The van der Waals surface area contributed by atoms with E-state index in [0.717, 1.165) is 12.8 Å². The smallest absolute Gasteiger partial charge is 0.249 e. The molecule has 2 aliphatic rings. The summed E-state index contributed by atoms with van der Waals surface area (Å²) in [5.41, 5.74) is 5.48. The van der Waals surface area contributed by atoms with Gasteiger partial charge in [-0.1, -0.05) is 0 Å². The maximum absolute atomic E-state index is 11.9. The van der Waals surface area contributed by atoms with Crippen molar-refractivity contribution in [1.29, 1.82) is 0 Å². The van der Waals surface area contributed by atoms with Crippen LogP contribution in [0.25, 0.3) is 0 Å². The van der Waals surface area contributed by atoms with Crippen molar-refractivity contribution >= 4 is 11.8 Å². The summed E-state index contributed by atoms with van der Waals surface area (Å²) in [4.78, 5) is 23.3. The number of amides is 2. The molecule has 3 atom stereocenters. The molecule has 0 aromatic heterocycles. The summed E-state index contributed by atoms with van der Waals surface area (Å²) < 4.78 is 5.48. The number of hydrogen-bond donors (Lipinski definition) is 3. The zero-order chi connectivity index (χ0) is 12.3. The standard InChI is InChI=1S/C11H19N3O3/c12-6-7-3-4-9(17-7)11(16)14-8-2-1-5-13-10(8)15/h7-9H,1-6,12H2,(H,13,15)(H,14,16). The monoisotopic (exact) mass is 241 g/mol. The van der Waals surface area contributed by atoms with Gasteiger partial charge in [0.2, 0.25) is 11.8 Å². The van der Waals surface area contributed by atoms with Crippen LogP contribution in [0, 0.1) is 0 Å². The summed E-state index contributed by atoms with van der Waals surface area (Å²) in [6, 6.07) is -0.406. The number of ether oxygens (including phenoxy) is 1. The Labute approximate surface area is 100 Å². The quantitative estimate of drug-likeness (QED) is 0.584. The second-order valence-electron chi connectivity index (χ2n) is 4.55. The lowest BCUT2D eigenvalue weighted by Gasteiger charge is -2.24.